The van der Waals surface area contributed by atoms with Crippen molar-refractivity contribution in [2.75, 3.05) is 6.61 Å². The van der Waals surface area contributed by atoms with Crippen molar-refractivity contribution in [2.45, 2.75) is 6.92 Å². The first-order valence-electron chi connectivity index (χ1n) is 5.30. The number of rotatable bonds is 4. The lowest BCUT2D eigenvalue weighted by atomic mass is 10.3. The van der Waals surface area contributed by atoms with E-state index < -0.39 is 0 Å². The highest BCUT2D eigenvalue weighted by Gasteiger charge is 2.02. The normalized spacial score (nSPS) is 10.0. The van der Waals surface area contributed by atoms with Crippen LogP contribution in [0.4, 0.5) is 0 Å². The van der Waals surface area contributed by atoms with Crippen LogP contribution < -0.4 is 9.47 Å². The second kappa shape index (κ2) is 5.68. The Labute approximate surface area is 109 Å². The van der Waals surface area contributed by atoms with Gasteiger partial charge in [0, 0.05) is 18.5 Å². The van der Waals surface area contributed by atoms with Gasteiger partial charge in [-0.2, -0.15) is 0 Å². The van der Waals surface area contributed by atoms with Gasteiger partial charge in [0.05, 0.1) is 11.1 Å². The van der Waals surface area contributed by atoms with Gasteiger partial charge in [-0.25, -0.2) is 0 Å². The number of ether oxygens (including phenoxy) is 2. The van der Waals surface area contributed by atoms with E-state index in [0.717, 1.165) is 21.7 Å². The van der Waals surface area contributed by atoms with Crippen molar-refractivity contribution in [1.29, 1.82) is 0 Å². The lowest BCUT2D eigenvalue weighted by Crippen LogP contribution is -1.91. The van der Waals surface area contributed by atoms with Crippen LogP contribution in [0.15, 0.2) is 47.2 Å². The summed E-state index contributed by atoms with van der Waals surface area (Å²) in [7, 11) is 0. The zero-order chi connectivity index (χ0) is 12.1. The first-order chi connectivity index (χ1) is 8.29. The molecule has 0 saturated heterocycles. The van der Waals surface area contributed by atoms with Gasteiger partial charge < -0.3 is 9.47 Å². The summed E-state index contributed by atoms with van der Waals surface area (Å²) in [5.41, 5.74) is 0. The monoisotopic (exact) mass is 293 g/mol. The fourth-order valence-corrected chi connectivity index (χ4v) is 1.67. The Balaban J connectivity index is 2.11. The van der Waals surface area contributed by atoms with Crippen molar-refractivity contribution in [3.8, 4) is 17.2 Å². The summed E-state index contributed by atoms with van der Waals surface area (Å²) in [5, 5.41) is 0. The predicted octanol–water partition coefficient (Wildman–Crippen LogP) is 4.04. The van der Waals surface area contributed by atoms with Crippen LogP contribution in [-0.4, -0.2) is 11.6 Å². The highest BCUT2D eigenvalue weighted by molar-refractivity contribution is 9.10. The molecule has 0 fully saturated rings. The predicted molar refractivity (Wildman–Crippen MR) is 69.6 cm³/mol. The summed E-state index contributed by atoms with van der Waals surface area (Å²) >= 11 is 3.38. The van der Waals surface area contributed by atoms with E-state index in [1.807, 2.05) is 31.2 Å². The Morgan fingerprint density at radius 1 is 1.12 bits per heavy atom. The summed E-state index contributed by atoms with van der Waals surface area (Å²) in [6.45, 7) is 2.62. The molecular formula is C13H12BrNO2. The van der Waals surface area contributed by atoms with Crippen molar-refractivity contribution in [3.63, 3.8) is 0 Å². The minimum absolute atomic E-state index is 0.663. The van der Waals surface area contributed by atoms with E-state index >= 15 is 0 Å². The van der Waals surface area contributed by atoms with Crippen molar-refractivity contribution < 1.29 is 9.47 Å². The number of hydrogen-bond acceptors (Lipinski definition) is 3. The van der Waals surface area contributed by atoms with Gasteiger partial charge in [0.2, 0.25) is 0 Å². The Bertz CT molecular complexity index is 485. The highest BCUT2D eigenvalue weighted by atomic mass is 79.9. The smallest absolute Gasteiger partial charge is 0.144 e. The summed E-state index contributed by atoms with van der Waals surface area (Å²) < 4.78 is 11.9. The maximum absolute atomic E-state index is 5.70. The fraction of sp³-hybridized carbons (Fsp3) is 0.154. The molecule has 0 atom stereocenters. The van der Waals surface area contributed by atoms with Crippen LogP contribution in [0.2, 0.25) is 0 Å². The fourth-order valence-electron chi connectivity index (χ4n) is 1.34. The lowest BCUT2D eigenvalue weighted by Gasteiger charge is -2.08. The average molecular weight is 294 g/mol. The zero-order valence-corrected chi connectivity index (χ0v) is 11.0. The maximum Gasteiger partial charge on any atom is 0.144 e. The first kappa shape index (κ1) is 11.9. The minimum atomic E-state index is 0.663. The van der Waals surface area contributed by atoms with Gasteiger partial charge in [-0.05, 0) is 47.1 Å². The summed E-state index contributed by atoms with van der Waals surface area (Å²) in [6.07, 6.45) is 3.39. The number of hydrogen-bond donors (Lipinski definition) is 0. The third kappa shape index (κ3) is 3.20. The number of pyridine rings is 1. The van der Waals surface area contributed by atoms with Crippen molar-refractivity contribution in [1.82, 2.24) is 4.98 Å². The summed E-state index contributed by atoms with van der Waals surface area (Å²) in [6, 6.07) is 9.32. The average Bonchev–Trinajstić information content (AvgIpc) is 2.35. The van der Waals surface area contributed by atoms with Gasteiger partial charge >= 0.3 is 0 Å². The molecular weight excluding hydrogens is 282 g/mol. The lowest BCUT2D eigenvalue weighted by molar-refractivity contribution is 0.339. The quantitative estimate of drug-likeness (QED) is 0.853. The number of aromatic nitrogens is 1. The molecule has 1 aromatic heterocycles. The molecule has 0 N–H and O–H groups in total. The van der Waals surface area contributed by atoms with Crippen molar-refractivity contribution in [3.05, 3.63) is 47.2 Å². The molecule has 4 heteroatoms. The van der Waals surface area contributed by atoms with Gasteiger partial charge in [0.25, 0.3) is 0 Å². The van der Waals surface area contributed by atoms with E-state index in [0.29, 0.717) is 6.61 Å². The molecule has 0 aliphatic carbocycles. The SMILES string of the molecule is CCOc1ccc(Oc2ccncc2Br)cc1. The van der Waals surface area contributed by atoms with E-state index in [4.69, 9.17) is 9.47 Å². The molecule has 0 radical (unpaired) electrons. The molecule has 1 aromatic carbocycles. The van der Waals surface area contributed by atoms with Crippen LogP contribution >= 0.6 is 15.9 Å². The largest absolute Gasteiger partial charge is 0.494 e. The van der Waals surface area contributed by atoms with Gasteiger partial charge in [-0.15, -0.1) is 0 Å². The Morgan fingerprint density at radius 3 is 2.47 bits per heavy atom. The molecule has 1 heterocycles. The van der Waals surface area contributed by atoms with E-state index in [9.17, 15) is 0 Å². The molecule has 0 bridgehead atoms. The molecule has 17 heavy (non-hydrogen) atoms. The summed E-state index contributed by atoms with van der Waals surface area (Å²) in [4.78, 5) is 3.98. The Hall–Kier alpha value is -1.55. The van der Waals surface area contributed by atoms with E-state index in [-0.39, 0.29) is 0 Å². The van der Waals surface area contributed by atoms with Crippen LogP contribution in [0.25, 0.3) is 0 Å². The van der Waals surface area contributed by atoms with Crippen LogP contribution in [0, 0.1) is 0 Å². The van der Waals surface area contributed by atoms with Crippen molar-refractivity contribution in [2.24, 2.45) is 0 Å². The molecule has 0 spiro atoms. The third-order valence-corrected chi connectivity index (χ3v) is 2.69. The van der Waals surface area contributed by atoms with Crippen molar-refractivity contribution >= 4 is 15.9 Å². The summed E-state index contributed by atoms with van der Waals surface area (Å²) in [5.74, 6) is 2.35. The van der Waals surface area contributed by atoms with Crippen LogP contribution in [0.5, 0.6) is 17.2 Å². The van der Waals surface area contributed by atoms with Crippen LogP contribution in [-0.2, 0) is 0 Å². The van der Waals surface area contributed by atoms with E-state index in [1.54, 1.807) is 18.5 Å². The topological polar surface area (TPSA) is 31.4 Å². The molecule has 0 unspecified atom stereocenters. The standard InChI is InChI=1S/C13H12BrNO2/c1-2-16-10-3-5-11(6-4-10)17-13-7-8-15-9-12(13)14/h3-9H,2H2,1H3. The van der Waals surface area contributed by atoms with Gasteiger partial charge in [-0.1, -0.05) is 0 Å². The molecule has 2 aromatic rings. The second-order valence-electron chi connectivity index (χ2n) is 3.31. The van der Waals surface area contributed by atoms with E-state index in [1.165, 1.54) is 0 Å². The van der Waals surface area contributed by atoms with Gasteiger partial charge in [0.1, 0.15) is 17.2 Å². The second-order valence-corrected chi connectivity index (χ2v) is 4.17. The molecule has 0 saturated carbocycles. The molecule has 88 valence electrons. The Kier molecular flexibility index (Phi) is 3.98. The number of nitrogens with zero attached hydrogens (tertiary/aromatic N) is 1. The maximum atomic E-state index is 5.70. The molecule has 2 rings (SSSR count). The molecule has 3 nitrogen and oxygen atoms in total. The molecule has 0 amide bonds. The molecule has 0 aliphatic rings. The minimum Gasteiger partial charge on any atom is -0.494 e. The van der Waals surface area contributed by atoms with Crippen LogP contribution in [0.3, 0.4) is 0 Å². The van der Waals surface area contributed by atoms with E-state index in [2.05, 4.69) is 20.9 Å². The van der Waals surface area contributed by atoms with Gasteiger partial charge in [0.15, 0.2) is 0 Å². The van der Waals surface area contributed by atoms with Gasteiger partial charge in [-0.3, -0.25) is 4.98 Å². The number of halogens is 1. The third-order valence-electron chi connectivity index (χ3n) is 2.10. The first-order valence-corrected chi connectivity index (χ1v) is 6.09. The highest BCUT2D eigenvalue weighted by Crippen LogP contribution is 2.29. The number of benzene rings is 1. The molecule has 0 aliphatic heterocycles. The van der Waals surface area contributed by atoms with Crippen LogP contribution in [0.1, 0.15) is 6.92 Å². The Morgan fingerprint density at radius 2 is 1.82 bits per heavy atom. The zero-order valence-electron chi connectivity index (χ0n) is 9.39.